The van der Waals surface area contributed by atoms with E-state index in [1.165, 1.54) is 11.3 Å². The number of rotatable bonds is 3. The molecule has 0 amide bonds. The fourth-order valence-corrected chi connectivity index (χ4v) is 4.03. The van der Waals surface area contributed by atoms with Gasteiger partial charge in [0.2, 0.25) is 14.2 Å². The van der Waals surface area contributed by atoms with E-state index < -0.39 is 9.84 Å². The smallest absolute Gasteiger partial charge is 0.210 e. The molecule has 0 unspecified atom stereocenters. The average molecular weight is 253 g/mol. The fraction of sp³-hybridized carbons (Fsp3) is 0.182. The van der Waals surface area contributed by atoms with Crippen LogP contribution in [0.1, 0.15) is 6.92 Å². The highest BCUT2D eigenvalue weighted by Crippen LogP contribution is 2.26. The Labute approximate surface area is 98.4 Å². The van der Waals surface area contributed by atoms with Crippen molar-refractivity contribution in [3.63, 3.8) is 0 Å². The SMILES string of the molecule is C=C(C)CS(=O)(=O)c1nc2ccccc2s1. The van der Waals surface area contributed by atoms with Crippen molar-refractivity contribution in [2.75, 3.05) is 5.75 Å². The molecule has 0 aliphatic rings. The third-order valence-corrected chi connectivity index (χ3v) is 5.32. The zero-order valence-electron chi connectivity index (χ0n) is 8.80. The van der Waals surface area contributed by atoms with E-state index in [1.54, 1.807) is 6.92 Å². The van der Waals surface area contributed by atoms with Crippen molar-refractivity contribution >= 4 is 31.4 Å². The van der Waals surface area contributed by atoms with E-state index >= 15 is 0 Å². The Morgan fingerprint density at radius 3 is 2.75 bits per heavy atom. The second-order valence-electron chi connectivity index (χ2n) is 3.66. The lowest BCUT2D eigenvalue weighted by atomic mass is 10.3. The molecule has 1 aromatic carbocycles. The molecule has 0 fully saturated rings. The molecule has 0 bridgehead atoms. The van der Waals surface area contributed by atoms with E-state index in [4.69, 9.17) is 0 Å². The minimum absolute atomic E-state index is 0.0349. The summed E-state index contributed by atoms with van der Waals surface area (Å²) in [5, 5.41) is 0. The first kappa shape index (κ1) is 11.3. The normalized spacial score (nSPS) is 11.8. The summed E-state index contributed by atoms with van der Waals surface area (Å²) in [7, 11) is -3.31. The Hall–Kier alpha value is -1.20. The Bertz CT molecular complexity index is 608. The Balaban J connectivity index is 2.52. The molecule has 0 radical (unpaired) electrons. The number of hydrogen-bond acceptors (Lipinski definition) is 4. The number of para-hydroxylation sites is 1. The Kier molecular flexibility index (Phi) is 2.82. The molecule has 84 valence electrons. The van der Waals surface area contributed by atoms with E-state index in [0.29, 0.717) is 5.57 Å². The van der Waals surface area contributed by atoms with Gasteiger partial charge in [0.1, 0.15) is 0 Å². The zero-order valence-corrected chi connectivity index (χ0v) is 10.4. The van der Waals surface area contributed by atoms with Crippen LogP contribution in [0.4, 0.5) is 0 Å². The van der Waals surface area contributed by atoms with Gasteiger partial charge >= 0.3 is 0 Å². The molecule has 3 nitrogen and oxygen atoms in total. The summed E-state index contributed by atoms with van der Waals surface area (Å²) in [6.07, 6.45) is 0. The molecule has 2 rings (SSSR count). The molecule has 0 atom stereocenters. The number of sulfone groups is 1. The number of aromatic nitrogens is 1. The van der Waals surface area contributed by atoms with Gasteiger partial charge in [-0.25, -0.2) is 13.4 Å². The van der Waals surface area contributed by atoms with Gasteiger partial charge in [-0.05, 0) is 19.1 Å². The van der Waals surface area contributed by atoms with Gasteiger partial charge in [-0.15, -0.1) is 11.3 Å². The minimum atomic E-state index is -3.31. The van der Waals surface area contributed by atoms with Crippen molar-refractivity contribution in [1.29, 1.82) is 0 Å². The van der Waals surface area contributed by atoms with Crippen LogP contribution in [0.2, 0.25) is 0 Å². The van der Waals surface area contributed by atoms with Crippen molar-refractivity contribution in [2.24, 2.45) is 0 Å². The third kappa shape index (κ3) is 2.15. The van der Waals surface area contributed by atoms with Gasteiger partial charge in [0, 0.05) is 0 Å². The predicted octanol–water partition coefficient (Wildman–Crippen LogP) is 2.65. The van der Waals surface area contributed by atoms with E-state index in [9.17, 15) is 8.42 Å². The largest absolute Gasteiger partial charge is 0.225 e. The average Bonchev–Trinajstić information content (AvgIpc) is 2.59. The number of nitrogens with zero attached hydrogens (tertiary/aromatic N) is 1. The predicted molar refractivity (Wildman–Crippen MR) is 66.5 cm³/mol. The van der Waals surface area contributed by atoms with Crippen LogP contribution in [-0.4, -0.2) is 19.2 Å². The van der Waals surface area contributed by atoms with Crippen molar-refractivity contribution in [2.45, 2.75) is 11.3 Å². The first-order chi connectivity index (χ1) is 7.49. The highest BCUT2D eigenvalue weighted by molar-refractivity contribution is 7.93. The molecule has 0 aliphatic heterocycles. The first-order valence-electron chi connectivity index (χ1n) is 4.72. The maximum Gasteiger partial charge on any atom is 0.210 e. The van der Waals surface area contributed by atoms with E-state index in [-0.39, 0.29) is 10.1 Å². The standard InChI is InChI=1S/C11H11NO2S2/c1-8(2)7-16(13,14)11-12-9-5-3-4-6-10(9)15-11/h3-6H,1,7H2,2H3. The van der Waals surface area contributed by atoms with Crippen molar-refractivity contribution < 1.29 is 8.42 Å². The summed E-state index contributed by atoms with van der Waals surface area (Å²) in [6.45, 7) is 5.32. The molecule has 0 saturated carbocycles. The van der Waals surface area contributed by atoms with Crippen LogP contribution >= 0.6 is 11.3 Å². The maximum atomic E-state index is 11.9. The summed E-state index contributed by atoms with van der Waals surface area (Å²) in [6, 6.07) is 7.39. The molecule has 16 heavy (non-hydrogen) atoms. The van der Waals surface area contributed by atoms with Crippen LogP contribution in [0.3, 0.4) is 0 Å². The van der Waals surface area contributed by atoms with Gasteiger partial charge in [-0.1, -0.05) is 24.3 Å². The molecular weight excluding hydrogens is 242 g/mol. The van der Waals surface area contributed by atoms with Gasteiger partial charge < -0.3 is 0 Å². The van der Waals surface area contributed by atoms with Crippen molar-refractivity contribution in [3.8, 4) is 0 Å². The van der Waals surface area contributed by atoms with Crippen LogP contribution in [0.15, 0.2) is 40.8 Å². The van der Waals surface area contributed by atoms with Crippen molar-refractivity contribution in [1.82, 2.24) is 4.98 Å². The molecule has 2 aromatic rings. The third-order valence-electron chi connectivity index (χ3n) is 1.98. The Morgan fingerprint density at radius 1 is 1.44 bits per heavy atom. The quantitative estimate of drug-likeness (QED) is 0.790. The summed E-state index contributed by atoms with van der Waals surface area (Å²) in [5.41, 5.74) is 1.35. The van der Waals surface area contributed by atoms with E-state index in [1.807, 2.05) is 24.3 Å². The van der Waals surface area contributed by atoms with E-state index in [0.717, 1.165) is 10.2 Å². The molecule has 5 heteroatoms. The molecule has 1 aromatic heterocycles. The molecular formula is C11H11NO2S2. The summed E-state index contributed by atoms with van der Waals surface area (Å²) >= 11 is 1.21. The summed E-state index contributed by atoms with van der Waals surface area (Å²) in [5.74, 6) is -0.0349. The fourth-order valence-electron chi connectivity index (χ4n) is 1.37. The molecule has 0 saturated heterocycles. The van der Waals surface area contributed by atoms with Crippen LogP contribution in [0.5, 0.6) is 0 Å². The van der Waals surface area contributed by atoms with Crippen molar-refractivity contribution in [3.05, 3.63) is 36.4 Å². The maximum absolute atomic E-state index is 11.9. The zero-order chi connectivity index (χ0) is 11.8. The number of fused-ring (bicyclic) bond motifs is 1. The van der Waals surface area contributed by atoms with Crippen LogP contribution in [0.25, 0.3) is 10.2 Å². The highest BCUT2D eigenvalue weighted by atomic mass is 32.2. The van der Waals surface area contributed by atoms with E-state index in [2.05, 4.69) is 11.6 Å². The molecule has 0 N–H and O–H groups in total. The van der Waals surface area contributed by atoms with Gasteiger partial charge in [0.15, 0.2) is 0 Å². The number of hydrogen-bond donors (Lipinski definition) is 0. The lowest BCUT2D eigenvalue weighted by Crippen LogP contribution is -2.06. The lowest BCUT2D eigenvalue weighted by Gasteiger charge is -1.97. The minimum Gasteiger partial charge on any atom is -0.225 e. The monoisotopic (exact) mass is 253 g/mol. The highest BCUT2D eigenvalue weighted by Gasteiger charge is 2.19. The molecule has 0 aliphatic carbocycles. The number of thiazole rings is 1. The second-order valence-corrected chi connectivity index (χ2v) is 6.86. The van der Waals surface area contributed by atoms with Gasteiger partial charge in [0.25, 0.3) is 0 Å². The lowest BCUT2D eigenvalue weighted by molar-refractivity contribution is 0.597. The first-order valence-corrected chi connectivity index (χ1v) is 7.18. The molecule has 1 heterocycles. The topological polar surface area (TPSA) is 47.0 Å². The van der Waals surface area contributed by atoms with Gasteiger partial charge in [-0.2, -0.15) is 0 Å². The van der Waals surface area contributed by atoms with Gasteiger partial charge in [0.05, 0.1) is 16.0 Å². The molecule has 0 spiro atoms. The van der Waals surface area contributed by atoms with Gasteiger partial charge in [-0.3, -0.25) is 0 Å². The summed E-state index contributed by atoms with van der Waals surface area (Å²) < 4.78 is 24.9. The Morgan fingerprint density at radius 2 is 2.12 bits per heavy atom. The number of benzene rings is 1. The second kappa shape index (κ2) is 3.99. The summed E-state index contributed by atoms with van der Waals surface area (Å²) in [4.78, 5) is 4.13. The van der Waals surface area contributed by atoms with Crippen LogP contribution in [0, 0.1) is 0 Å². The van der Waals surface area contributed by atoms with Crippen LogP contribution in [-0.2, 0) is 9.84 Å². The van der Waals surface area contributed by atoms with Crippen LogP contribution < -0.4 is 0 Å².